The third-order valence-corrected chi connectivity index (χ3v) is 4.18. The molecule has 28 heavy (non-hydrogen) atoms. The van der Waals surface area contributed by atoms with Gasteiger partial charge < -0.3 is 15.4 Å². The number of ether oxygens (including phenoxy) is 1. The van der Waals surface area contributed by atoms with Crippen LogP contribution in [0.15, 0.2) is 60.9 Å². The Labute approximate surface area is 165 Å². The van der Waals surface area contributed by atoms with E-state index in [0.29, 0.717) is 29.8 Å². The molecule has 0 fully saturated rings. The first-order valence-electron chi connectivity index (χ1n) is 9.29. The zero-order chi connectivity index (χ0) is 19.9. The highest BCUT2D eigenvalue weighted by Gasteiger charge is 2.12. The quantitative estimate of drug-likeness (QED) is 0.607. The summed E-state index contributed by atoms with van der Waals surface area (Å²) in [6.07, 6.45) is 1.37. The van der Waals surface area contributed by atoms with E-state index >= 15 is 0 Å². The van der Waals surface area contributed by atoms with Gasteiger partial charge in [0.1, 0.15) is 23.6 Å². The van der Waals surface area contributed by atoms with Crippen molar-refractivity contribution in [1.82, 2.24) is 9.97 Å². The van der Waals surface area contributed by atoms with E-state index in [0.717, 1.165) is 5.69 Å². The topological polar surface area (TPSA) is 76.1 Å². The Hall–Kier alpha value is -3.41. The monoisotopic (exact) mass is 376 g/mol. The summed E-state index contributed by atoms with van der Waals surface area (Å²) < 4.78 is 5.54. The standard InChI is InChI=1S/C22H24N4O2/c1-4-28-20-8-6-5-7-18(20)26-22(27)19-13-21(24-14-23-19)25-17-11-9-16(10-12-17)15(2)3/h5-15H,4H2,1-3H3,(H,26,27)(H,23,24,25). The first kappa shape index (κ1) is 19.4. The van der Waals surface area contributed by atoms with Crippen molar-refractivity contribution in [3.8, 4) is 5.75 Å². The van der Waals surface area contributed by atoms with Gasteiger partial charge in [-0.15, -0.1) is 0 Å². The predicted molar refractivity (Wildman–Crippen MR) is 111 cm³/mol. The van der Waals surface area contributed by atoms with Gasteiger partial charge in [0.25, 0.3) is 5.91 Å². The number of carbonyl (C=O) groups is 1. The summed E-state index contributed by atoms with van der Waals surface area (Å²) in [7, 11) is 0. The summed E-state index contributed by atoms with van der Waals surface area (Å²) in [5.41, 5.74) is 3.03. The molecule has 3 aromatic rings. The highest BCUT2D eigenvalue weighted by atomic mass is 16.5. The van der Waals surface area contributed by atoms with Crippen LogP contribution in [0.1, 0.15) is 42.7 Å². The van der Waals surface area contributed by atoms with E-state index in [1.165, 1.54) is 11.9 Å². The molecule has 2 aromatic carbocycles. The molecule has 0 aliphatic rings. The number of para-hydroxylation sites is 2. The lowest BCUT2D eigenvalue weighted by Crippen LogP contribution is -2.15. The molecule has 0 aliphatic heterocycles. The molecule has 6 nitrogen and oxygen atoms in total. The Morgan fingerprint density at radius 2 is 1.82 bits per heavy atom. The second-order valence-corrected chi connectivity index (χ2v) is 6.57. The number of amides is 1. The Morgan fingerprint density at radius 1 is 1.07 bits per heavy atom. The number of nitrogens with zero attached hydrogens (tertiary/aromatic N) is 2. The average molecular weight is 376 g/mol. The largest absolute Gasteiger partial charge is 0.492 e. The van der Waals surface area contributed by atoms with Gasteiger partial charge in [0.15, 0.2) is 0 Å². The number of anilines is 3. The molecule has 2 N–H and O–H groups in total. The van der Waals surface area contributed by atoms with Crippen LogP contribution >= 0.6 is 0 Å². The van der Waals surface area contributed by atoms with Crippen molar-refractivity contribution in [1.29, 1.82) is 0 Å². The van der Waals surface area contributed by atoms with Gasteiger partial charge in [-0.05, 0) is 42.7 Å². The fourth-order valence-corrected chi connectivity index (χ4v) is 2.69. The summed E-state index contributed by atoms with van der Waals surface area (Å²) >= 11 is 0. The van der Waals surface area contributed by atoms with E-state index in [9.17, 15) is 4.79 Å². The third-order valence-electron chi connectivity index (χ3n) is 4.18. The minimum Gasteiger partial charge on any atom is -0.492 e. The number of benzene rings is 2. The zero-order valence-electron chi connectivity index (χ0n) is 16.3. The van der Waals surface area contributed by atoms with E-state index in [4.69, 9.17) is 4.74 Å². The number of hydrogen-bond acceptors (Lipinski definition) is 5. The number of nitrogens with one attached hydrogen (secondary N) is 2. The van der Waals surface area contributed by atoms with E-state index in [2.05, 4.69) is 46.6 Å². The van der Waals surface area contributed by atoms with Gasteiger partial charge in [0.2, 0.25) is 0 Å². The number of rotatable bonds is 7. The van der Waals surface area contributed by atoms with Crippen LogP contribution in [0.2, 0.25) is 0 Å². The molecule has 0 bridgehead atoms. The lowest BCUT2D eigenvalue weighted by molar-refractivity contribution is 0.102. The molecule has 144 valence electrons. The predicted octanol–water partition coefficient (Wildman–Crippen LogP) is 4.99. The molecule has 0 saturated heterocycles. The molecule has 6 heteroatoms. The first-order valence-corrected chi connectivity index (χ1v) is 9.29. The van der Waals surface area contributed by atoms with Crippen molar-refractivity contribution >= 4 is 23.1 Å². The van der Waals surface area contributed by atoms with Gasteiger partial charge in [-0.25, -0.2) is 9.97 Å². The van der Waals surface area contributed by atoms with E-state index in [1.807, 2.05) is 37.3 Å². The zero-order valence-corrected chi connectivity index (χ0v) is 16.3. The van der Waals surface area contributed by atoms with Crippen LogP contribution in [0.3, 0.4) is 0 Å². The van der Waals surface area contributed by atoms with Crippen molar-refractivity contribution < 1.29 is 9.53 Å². The summed E-state index contributed by atoms with van der Waals surface area (Å²) in [6.45, 7) is 6.72. The number of hydrogen-bond donors (Lipinski definition) is 2. The van der Waals surface area contributed by atoms with Crippen molar-refractivity contribution in [2.24, 2.45) is 0 Å². The maximum Gasteiger partial charge on any atom is 0.274 e. The number of aromatic nitrogens is 2. The van der Waals surface area contributed by atoms with E-state index < -0.39 is 0 Å². The average Bonchev–Trinajstić information content (AvgIpc) is 2.70. The van der Waals surface area contributed by atoms with Crippen LogP contribution in [-0.2, 0) is 0 Å². The normalized spacial score (nSPS) is 10.6. The smallest absolute Gasteiger partial charge is 0.274 e. The van der Waals surface area contributed by atoms with Gasteiger partial charge in [-0.2, -0.15) is 0 Å². The molecule has 0 atom stereocenters. The molecular weight excluding hydrogens is 352 g/mol. The maximum absolute atomic E-state index is 12.6. The Balaban J connectivity index is 1.73. The fraction of sp³-hybridized carbons (Fsp3) is 0.227. The lowest BCUT2D eigenvalue weighted by Gasteiger charge is -2.12. The minimum atomic E-state index is -0.326. The van der Waals surface area contributed by atoms with Crippen LogP contribution in [0, 0.1) is 0 Å². The van der Waals surface area contributed by atoms with E-state index in [1.54, 1.807) is 12.1 Å². The summed E-state index contributed by atoms with van der Waals surface area (Å²) in [6, 6.07) is 17.1. The maximum atomic E-state index is 12.6. The molecule has 0 spiro atoms. The SMILES string of the molecule is CCOc1ccccc1NC(=O)c1cc(Nc2ccc(C(C)C)cc2)ncn1. The molecule has 0 aliphatic carbocycles. The van der Waals surface area contributed by atoms with Crippen LogP contribution in [-0.4, -0.2) is 22.5 Å². The molecule has 0 radical (unpaired) electrons. The van der Waals surface area contributed by atoms with E-state index in [-0.39, 0.29) is 11.6 Å². The number of carbonyl (C=O) groups excluding carboxylic acids is 1. The van der Waals surface area contributed by atoms with Gasteiger partial charge in [-0.1, -0.05) is 38.1 Å². The highest BCUT2D eigenvalue weighted by molar-refractivity contribution is 6.04. The summed E-state index contributed by atoms with van der Waals surface area (Å²) in [5, 5.41) is 6.05. The Kier molecular flexibility index (Phi) is 6.22. The Bertz CT molecular complexity index is 939. The Morgan fingerprint density at radius 3 is 2.54 bits per heavy atom. The second-order valence-electron chi connectivity index (χ2n) is 6.57. The minimum absolute atomic E-state index is 0.266. The van der Waals surface area contributed by atoms with Gasteiger partial charge in [0.05, 0.1) is 12.3 Å². The second kappa shape index (κ2) is 8.99. The van der Waals surface area contributed by atoms with Crippen LogP contribution in [0.4, 0.5) is 17.2 Å². The van der Waals surface area contributed by atoms with Crippen molar-refractivity contribution in [2.45, 2.75) is 26.7 Å². The van der Waals surface area contributed by atoms with Crippen molar-refractivity contribution in [3.05, 3.63) is 72.2 Å². The van der Waals surface area contributed by atoms with Crippen molar-refractivity contribution in [2.75, 3.05) is 17.2 Å². The molecule has 0 saturated carbocycles. The van der Waals surface area contributed by atoms with Crippen LogP contribution in [0.25, 0.3) is 0 Å². The van der Waals surface area contributed by atoms with Gasteiger partial charge in [-0.3, -0.25) is 4.79 Å². The van der Waals surface area contributed by atoms with Gasteiger partial charge in [0, 0.05) is 11.8 Å². The summed E-state index contributed by atoms with van der Waals surface area (Å²) in [5.74, 6) is 1.32. The van der Waals surface area contributed by atoms with Crippen LogP contribution < -0.4 is 15.4 Å². The molecular formula is C22H24N4O2. The first-order chi connectivity index (χ1) is 13.6. The lowest BCUT2D eigenvalue weighted by atomic mass is 10.0. The molecule has 1 amide bonds. The van der Waals surface area contributed by atoms with Crippen molar-refractivity contribution in [3.63, 3.8) is 0 Å². The van der Waals surface area contributed by atoms with Crippen LogP contribution in [0.5, 0.6) is 5.75 Å². The molecule has 0 unspecified atom stereocenters. The molecule has 1 aromatic heterocycles. The van der Waals surface area contributed by atoms with Gasteiger partial charge >= 0.3 is 0 Å². The molecule has 3 rings (SSSR count). The third kappa shape index (κ3) is 4.85. The highest BCUT2D eigenvalue weighted by Crippen LogP contribution is 2.24. The summed E-state index contributed by atoms with van der Waals surface area (Å²) in [4.78, 5) is 20.9. The molecule has 1 heterocycles. The fourth-order valence-electron chi connectivity index (χ4n) is 2.69.